The number of hydrogen-bond donors (Lipinski definition) is 2. The maximum Gasteiger partial charge on any atom is 0.387 e. The molecule has 1 aliphatic rings. The first-order chi connectivity index (χ1) is 12.2. The molecule has 2 rings (SSSR count). The highest BCUT2D eigenvalue weighted by molar-refractivity contribution is 5.94. The summed E-state index contributed by atoms with van der Waals surface area (Å²) < 4.78 is 34.1. The fourth-order valence-electron chi connectivity index (χ4n) is 2.57. The molecule has 2 amide bonds. The second-order valence-corrected chi connectivity index (χ2v) is 6.05. The van der Waals surface area contributed by atoms with Crippen LogP contribution in [0.25, 0.3) is 0 Å². The summed E-state index contributed by atoms with van der Waals surface area (Å²) in [7, 11) is 1.14. The lowest BCUT2D eigenvalue weighted by Gasteiger charge is -2.21. The minimum atomic E-state index is -3.17. The average molecular weight is 372 g/mol. The number of halogens is 2. The number of urea groups is 1. The summed E-state index contributed by atoms with van der Waals surface area (Å²) in [5, 5.41) is 11.6. The quantitative estimate of drug-likeness (QED) is 0.769. The van der Waals surface area contributed by atoms with E-state index < -0.39 is 35.7 Å². The molecule has 1 fully saturated rings. The Morgan fingerprint density at radius 1 is 1.35 bits per heavy atom. The maximum atomic E-state index is 12.6. The van der Waals surface area contributed by atoms with Gasteiger partial charge < -0.3 is 24.8 Å². The third-order valence-corrected chi connectivity index (χ3v) is 4.14. The molecule has 0 saturated carbocycles. The lowest BCUT2D eigenvalue weighted by molar-refractivity contribution is -0.147. The maximum absolute atomic E-state index is 12.6. The molecular formula is C16H18F2N2O6. The molecule has 1 aliphatic heterocycles. The number of likely N-dealkylation sites (tertiary alicyclic amines) is 1. The molecule has 1 unspecified atom stereocenters. The van der Waals surface area contributed by atoms with Gasteiger partial charge in [0.2, 0.25) is 0 Å². The van der Waals surface area contributed by atoms with Crippen molar-refractivity contribution in [2.45, 2.75) is 20.0 Å². The van der Waals surface area contributed by atoms with Crippen LogP contribution < -0.4 is 10.1 Å². The van der Waals surface area contributed by atoms with Crippen LogP contribution in [-0.4, -0.2) is 54.8 Å². The van der Waals surface area contributed by atoms with Gasteiger partial charge in [0.25, 0.3) is 0 Å². The fraction of sp³-hybridized carbons (Fsp3) is 0.438. The molecule has 2 N–H and O–H groups in total. The zero-order chi connectivity index (χ0) is 19.5. The molecule has 8 nitrogen and oxygen atoms in total. The van der Waals surface area contributed by atoms with Crippen molar-refractivity contribution in [1.82, 2.24) is 4.90 Å². The Kier molecular flexibility index (Phi) is 5.63. The van der Waals surface area contributed by atoms with Gasteiger partial charge in [0.05, 0.1) is 23.8 Å². The van der Waals surface area contributed by atoms with Crippen LogP contribution in [0.4, 0.5) is 19.3 Å². The van der Waals surface area contributed by atoms with Gasteiger partial charge >= 0.3 is 24.6 Å². The number of anilines is 1. The topological polar surface area (TPSA) is 105 Å². The molecule has 1 aromatic rings. The van der Waals surface area contributed by atoms with Gasteiger partial charge in [-0.1, -0.05) is 0 Å². The Morgan fingerprint density at radius 2 is 2.04 bits per heavy atom. The van der Waals surface area contributed by atoms with E-state index in [9.17, 15) is 28.3 Å². The SMILES string of the molecule is COC(=O)c1ccc(NC(=O)N2CCC(C)(C(=O)O)C2)c(OC(F)F)c1. The van der Waals surface area contributed by atoms with Crippen molar-refractivity contribution in [2.75, 3.05) is 25.5 Å². The van der Waals surface area contributed by atoms with E-state index >= 15 is 0 Å². The first-order valence-electron chi connectivity index (χ1n) is 7.63. The number of esters is 1. The van der Waals surface area contributed by atoms with E-state index in [1.807, 2.05) is 0 Å². The summed E-state index contributed by atoms with van der Waals surface area (Å²) >= 11 is 0. The molecule has 1 saturated heterocycles. The van der Waals surface area contributed by atoms with Crippen LogP contribution in [0, 0.1) is 5.41 Å². The normalized spacial score (nSPS) is 19.3. The number of carbonyl (C=O) groups excluding carboxylic acids is 2. The van der Waals surface area contributed by atoms with E-state index in [0.717, 1.165) is 13.2 Å². The lowest BCUT2D eigenvalue weighted by Crippen LogP contribution is -2.37. The number of carbonyl (C=O) groups is 3. The Hall–Kier alpha value is -2.91. The second kappa shape index (κ2) is 7.54. The number of amides is 2. The predicted octanol–water partition coefficient (Wildman–Crippen LogP) is 2.40. The Bertz CT molecular complexity index is 727. The Morgan fingerprint density at radius 3 is 2.58 bits per heavy atom. The van der Waals surface area contributed by atoms with Gasteiger partial charge in [-0.15, -0.1) is 0 Å². The van der Waals surface area contributed by atoms with E-state index in [2.05, 4.69) is 14.8 Å². The number of aliphatic carboxylic acids is 1. The number of hydrogen-bond acceptors (Lipinski definition) is 5. The van der Waals surface area contributed by atoms with Crippen molar-refractivity contribution < 1.29 is 37.7 Å². The predicted molar refractivity (Wildman–Crippen MR) is 85.4 cm³/mol. The minimum Gasteiger partial charge on any atom is -0.481 e. The van der Waals surface area contributed by atoms with Gasteiger partial charge in [-0.3, -0.25) is 4.79 Å². The molecule has 1 heterocycles. The van der Waals surface area contributed by atoms with Crippen molar-refractivity contribution in [1.29, 1.82) is 0 Å². The lowest BCUT2D eigenvalue weighted by atomic mass is 9.90. The van der Waals surface area contributed by atoms with E-state index in [-0.39, 0.29) is 30.8 Å². The van der Waals surface area contributed by atoms with Crippen LogP contribution in [0.2, 0.25) is 0 Å². The standard InChI is InChI=1S/C16H18F2N2O6/c1-16(13(22)23)5-6-20(8-16)15(24)19-10-4-3-9(12(21)25-2)7-11(10)26-14(17)18/h3-4,7,14H,5-6,8H2,1-2H3,(H,19,24)(H,22,23). The van der Waals surface area contributed by atoms with Gasteiger partial charge in [0.15, 0.2) is 5.75 Å². The number of methoxy groups -OCH3 is 1. The van der Waals surface area contributed by atoms with Crippen LogP contribution in [0.5, 0.6) is 5.75 Å². The summed E-state index contributed by atoms with van der Waals surface area (Å²) in [6, 6.07) is 2.89. The molecule has 0 aliphatic carbocycles. The van der Waals surface area contributed by atoms with E-state index in [1.165, 1.54) is 24.0 Å². The zero-order valence-corrected chi connectivity index (χ0v) is 14.1. The Balaban J connectivity index is 2.18. The van der Waals surface area contributed by atoms with Crippen molar-refractivity contribution >= 4 is 23.7 Å². The summed E-state index contributed by atoms with van der Waals surface area (Å²) in [6.07, 6.45) is 0.275. The third kappa shape index (κ3) is 4.19. The first kappa shape index (κ1) is 19.4. The number of benzene rings is 1. The highest BCUT2D eigenvalue weighted by atomic mass is 19.3. The first-order valence-corrected chi connectivity index (χ1v) is 7.63. The van der Waals surface area contributed by atoms with Gasteiger partial charge in [0, 0.05) is 13.1 Å². The summed E-state index contributed by atoms with van der Waals surface area (Å²) in [5.41, 5.74) is -1.17. The average Bonchev–Trinajstić information content (AvgIpc) is 2.99. The molecule has 142 valence electrons. The highest BCUT2D eigenvalue weighted by Gasteiger charge is 2.42. The second-order valence-electron chi connectivity index (χ2n) is 6.05. The van der Waals surface area contributed by atoms with Crippen LogP contribution in [0.1, 0.15) is 23.7 Å². The molecule has 10 heteroatoms. The molecule has 0 radical (unpaired) electrons. The molecule has 26 heavy (non-hydrogen) atoms. The van der Waals surface area contributed by atoms with Gasteiger partial charge in [-0.05, 0) is 31.5 Å². The van der Waals surface area contributed by atoms with E-state index in [1.54, 1.807) is 0 Å². The summed E-state index contributed by atoms with van der Waals surface area (Å²) in [5.74, 6) is -2.17. The number of rotatable bonds is 5. The third-order valence-electron chi connectivity index (χ3n) is 4.14. The molecule has 1 aromatic carbocycles. The van der Waals surface area contributed by atoms with Crippen molar-refractivity contribution in [3.05, 3.63) is 23.8 Å². The summed E-state index contributed by atoms with van der Waals surface area (Å²) in [4.78, 5) is 36.4. The fourth-order valence-corrected chi connectivity index (χ4v) is 2.57. The number of nitrogens with zero attached hydrogens (tertiary/aromatic N) is 1. The Labute approximate surface area is 147 Å². The van der Waals surface area contributed by atoms with Crippen molar-refractivity contribution in [2.24, 2.45) is 5.41 Å². The van der Waals surface area contributed by atoms with Crippen LogP contribution in [-0.2, 0) is 9.53 Å². The highest BCUT2D eigenvalue weighted by Crippen LogP contribution is 2.32. The number of ether oxygens (including phenoxy) is 2. The number of alkyl halides is 2. The number of carboxylic acid groups (broad SMARTS) is 1. The smallest absolute Gasteiger partial charge is 0.387 e. The van der Waals surface area contributed by atoms with E-state index in [4.69, 9.17) is 0 Å². The van der Waals surface area contributed by atoms with Gasteiger partial charge in [0.1, 0.15) is 0 Å². The van der Waals surface area contributed by atoms with Crippen LogP contribution in [0.3, 0.4) is 0 Å². The minimum absolute atomic E-state index is 0.0144. The molecule has 0 spiro atoms. The largest absolute Gasteiger partial charge is 0.481 e. The number of carboxylic acids is 1. The van der Waals surface area contributed by atoms with Crippen molar-refractivity contribution in [3.63, 3.8) is 0 Å². The molecule has 0 aromatic heterocycles. The number of nitrogens with one attached hydrogen (secondary N) is 1. The molecule has 0 bridgehead atoms. The van der Waals surface area contributed by atoms with Gasteiger partial charge in [-0.25, -0.2) is 9.59 Å². The molecular weight excluding hydrogens is 354 g/mol. The van der Waals surface area contributed by atoms with Crippen molar-refractivity contribution in [3.8, 4) is 5.75 Å². The zero-order valence-electron chi connectivity index (χ0n) is 14.1. The van der Waals surface area contributed by atoms with E-state index in [0.29, 0.717) is 0 Å². The van der Waals surface area contributed by atoms with Crippen LogP contribution in [0.15, 0.2) is 18.2 Å². The summed E-state index contributed by atoms with van der Waals surface area (Å²) in [6.45, 7) is -1.45. The monoisotopic (exact) mass is 372 g/mol. The molecule has 1 atom stereocenters. The van der Waals surface area contributed by atoms with Gasteiger partial charge in [-0.2, -0.15) is 8.78 Å². The van der Waals surface area contributed by atoms with Crippen LogP contribution >= 0.6 is 0 Å².